The van der Waals surface area contributed by atoms with Crippen LogP contribution >= 0.6 is 27.5 Å². The highest BCUT2D eigenvalue weighted by atomic mass is 79.9. The van der Waals surface area contributed by atoms with Crippen LogP contribution in [0.2, 0.25) is 5.02 Å². The molecular formula is C10H8BrClO. The first kappa shape index (κ1) is 10.6. The molecule has 0 aromatic heterocycles. The van der Waals surface area contributed by atoms with Crippen molar-refractivity contribution in [3.8, 4) is 11.8 Å². The molecule has 1 aromatic carbocycles. The zero-order chi connectivity index (χ0) is 9.84. The van der Waals surface area contributed by atoms with Gasteiger partial charge in [-0.25, -0.2) is 0 Å². The summed E-state index contributed by atoms with van der Waals surface area (Å²) in [6, 6.07) is 5.30. The molecule has 13 heavy (non-hydrogen) atoms. The highest BCUT2D eigenvalue weighted by molar-refractivity contribution is 9.10. The molecule has 1 atom stereocenters. The lowest BCUT2D eigenvalue weighted by molar-refractivity contribution is 0.238. The third-order valence-electron chi connectivity index (χ3n) is 1.53. The average Bonchev–Trinajstić information content (AvgIpc) is 2.09. The van der Waals surface area contributed by atoms with E-state index in [1.54, 1.807) is 19.1 Å². The molecule has 0 bridgehead atoms. The van der Waals surface area contributed by atoms with E-state index in [2.05, 4.69) is 27.8 Å². The van der Waals surface area contributed by atoms with E-state index >= 15 is 0 Å². The summed E-state index contributed by atoms with van der Waals surface area (Å²) in [5, 5.41) is 10.1. The van der Waals surface area contributed by atoms with Gasteiger partial charge in [-0.3, -0.25) is 0 Å². The summed E-state index contributed by atoms with van der Waals surface area (Å²) in [6.45, 7) is 1.68. The Labute approximate surface area is 90.9 Å². The normalized spacial score (nSPS) is 11.7. The molecular weight excluding hydrogens is 251 g/mol. The van der Waals surface area contributed by atoms with E-state index in [9.17, 15) is 5.11 Å². The molecule has 1 rings (SSSR count). The van der Waals surface area contributed by atoms with Gasteiger partial charge in [-0.15, -0.1) is 5.92 Å². The van der Waals surface area contributed by atoms with E-state index in [-0.39, 0.29) is 0 Å². The zero-order valence-corrected chi connectivity index (χ0v) is 9.35. The quantitative estimate of drug-likeness (QED) is 0.768. The van der Waals surface area contributed by atoms with Crippen LogP contribution in [-0.2, 0) is 0 Å². The topological polar surface area (TPSA) is 20.2 Å². The first-order valence-corrected chi connectivity index (χ1v) is 4.87. The fourth-order valence-electron chi connectivity index (χ4n) is 0.939. The second kappa shape index (κ2) is 4.66. The number of benzene rings is 1. The van der Waals surface area contributed by atoms with E-state index in [1.165, 1.54) is 0 Å². The third-order valence-corrected chi connectivity index (χ3v) is 2.37. The zero-order valence-electron chi connectivity index (χ0n) is 7.01. The second-order valence-electron chi connectivity index (χ2n) is 2.46. The number of hydrogen-bond donors (Lipinski definition) is 1. The van der Waals surface area contributed by atoms with Crippen molar-refractivity contribution >= 4 is 27.5 Å². The fraction of sp³-hybridized carbons (Fsp3) is 0.200. The largest absolute Gasteiger partial charge is 0.376 e. The van der Waals surface area contributed by atoms with Crippen molar-refractivity contribution < 1.29 is 5.11 Å². The molecule has 0 heterocycles. The predicted molar refractivity (Wildman–Crippen MR) is 57.6 cm³/mol. The van der Waals surface area contributed by atoms with Crippen molar-refractivity contribution in [2.24, 2.45) is 0 Å². The summed E-state index contributed by atoms with van der Waals surface area (Å²) >= 11 is 9.18. The van der Waals surface area contributed by atoms with E-state index in [4.69, 9.17) is 11.6 Å². The molecule has 0 saturated carbocycles. The van der Waals surface area contributed by atoms with Crippen molar-refractivity contribution in [2.45, 2.75) is 13.0 Å². The van der Waals surface area contributed by atoms with Gasteiger partial charge >= 0.3 is 0 Å². The Bertz CT molecular complexity index is 365. The van der Waals surface area contributed by atoms with E-state index in [0.29, 0.717) is 10.6 Å². The Morgan fingerprint density at radius 3 is 2.85 bits per heavy atom. The van der Waals surface area contributed by atoms with Crippen LogP contribution in [0.4, 0.5) is 0 Å². The lowest BCUT2D eigenvalue weighted by Gasteiger charge is -2.06. The maximum absolute atomic E-state index is 9.55. The summed E-state index contributed by atoms with van der Waals surface area (Å²) in [5.41, 5.74) is 0.630. The number of aliphatic hydroxyl groups excluding tert-OH is 1. The molecule has 0 aliphatic heterocycles. The smallest absolute Gasteiger partial charge is 0.141 e. The average molecular weight is 260 g/mol. The van der Waals surface area contributed by atoms with Gasteiger partial charge in [-0.05, 0) is 25.1 Å². The van der Waals surface area contributed by atoms with Gasteiger partial charge in [0.2, 0.25) is 0 Å². The Balaban J connectivity index is 3.10. The van der Waals surface area contributed by atoms with E-state index < -0.39 is 6.10 Å². The van der Waals surface area contributed by atoms with Gasteiger partial charge < -0.3 is 5.11 Å². The molecule has 1 nitrogen and oxygen atoms in total. The standard InChI is InChI=1S/C10H8BrClO/c1-2-3-10(13)8-6-7(11)4-5-9(8)12/h4-6,10,13H,1H3. The van der Waals surface area contributed by atoms with Gasteiger partial charge in [0, 0.05) is 15.1 Å². The number of hydrogen-bond acceptors (Lipinski definition) is 1. The van der Waals surface area contributed by atoms with Crippen LogP contribution in [0.3, 0.4) is 0 Å². The van der Waals surface area contributed by atoms with Crippen LogP contribution in [0, 0.1) is 11.8 Å². The molecule has 1 N–H and O–H groups in total. The Morgan fingerprint density at radius 1 is 1.54 bits per heavy atom. The van der Waals surface area contributed by atoms with Gasteiger partial charge in [0.1, 0.15) is 6.10 Å². The van der Waals surface area contributed by atoms with Gasteiger partial charge in [0.05, 0.1) is 0 Å². The number of aliphatic hydroxyl groups is 1. The molecule has 0 amide bonds. The van der Waals surface area contributed by atoms with Crippen molar-refractivity contribution in [1.29, 1.82) is 0 Å². The minimum atomic E-state index is -0.810. The molecule has 1 unspecified atom stereocenters. The molecule has 3 heteroatoms. The van der Waals surface area contributed by atoms with Crippen LogP contribution < -0.4 is 0 Å². The van der Waals surface area contributed by atoms with Crippen molar-refractivity contribution in [3.63, 3.8) is 0 Å². The third kappa shape index (κ3) is 2.73. The van der Waals surface area contributed by atoms with Gasteiger partial charge in [-0.2, -0.15) is 0 Å². The summed E-state index contributed by atoms with van der Waals surface area (Å²) in [6.07, 6.45) is -0.810. The summed E-state index contributed by atoms with van der Waals surface area (Å²) in [5.74, 6) is 5.27. The number of rotatable bonds is 1. The molecule has 68 valence electrons. The lowest BCUT2D eigenvalue weighted by Crippen LogP contribution is -1.94. The minimum absolute atomic E-state index is 0.526. The molecule has 0 saturated heterocycles. The molecule has 0 aliphatic rings. The first-order chi connectivity index (χ1) is 6.15. The van der Waals surface area contributed by atoms with E-state index in [0.717, 1.165) is 4.47 Å². The van der Waals surface area contributed by atoms with Crippen LogP contribution in [0.5, 0.6) is 0 Å². The lowest BCUT2D eigenvalue weighted by atomic mass is 10.1. The molecule has 0 aliphatic carbocycles. The maximum Gasteiger partial charge on any atom is 0.141 e. The maximum atomic E-state index is 9.55. The van der Waals surface area contributed by atoms with E-state index in [1.807, 2.05) is 6.07 Å². The second-order valence-corrected chi connectivity index (χ2v) is 3.79. The first-order valence-electron chi connectivity index (χ1n) is 3.70. The SMILES string of the molecule is CC#CC(O)c1cc(Br)ccc1Cl. The summed E-state index contributed by atoms with van der Waals surface area (Å²) < 4.78 is 0.879. The Kier molecular flexibility index (Phi) is 3.80. The Hall–Kier alpha value is -0.490. The van der Waals surface area contributed by atoms with Crippen molar-refractivity contribution in [3.05, 3.63) is 33.3 Å². The van der Waals surface area contributed by atoms with Crippen LogP contribution in [-0.4, -0.2) is 5.11 Å². The molecule has 1 aromatic rings. The van der Waals surface area contributed by atoms with Crippen LogP contribution in [0.1, 0.15) is 18.6 Å². The molecule has 0 spiro atoms. The summed E-state index contributed by atoms with van der Waals surface area (Å²) in [4.78, 5) is 0. The fourth-order valence-corrected chi connectivity index (χ4v) is 1.54. The van der Waals surface area contributed by atoms with Crippen molar-refractivity contribution in [2.75, 3.05) is 0 Å². The number of halogens is 2. The minimum Gasteiger partial charge on any atom is -0.376 e. The van der Waals surface area contributed by atoms with Crippen molar-refractivity contribution in [1.82, 2.24) is 0 Å². The van der Waals surface area contributed by atoms with Crippen LogP contribution in [0.25, 0.3) is 0 Å². The van der Waals surface area contributed by atoms with Gasteiger partial charge in [-0.1, -0.05) is 33.5 Å². The summed E-state index contributed by atoms with van der Waals surface area (Å²) in [7, 11) is 0. The van der Waals surface area contributed by atoms with Gasteiger partial charge in [0.15, 0.2) is 0 Å². The highest BCUT2D eigenvalue weighted by Gasteiger charge is 2.08. The predicted octanol–water partition coefficient (Wildman–Crippen LogP) is 3.16. The molecule has 0 fully saturated rings. The Morgan fingerprint density at radius 2 is 2.23 bits per heavy atom. The molecule has 0 radical (unpaired) electrons. The monoisotopic (exact) mass is 258 g/mol. The van der Waals surface area contributed by atoms with Crippen LogP contribution in [0.15, 0.2) is 22.7 Å². The highest BCUT2D eigenvalue weighted by Crippen LogP contribution is 2.25. The van der Waals surface area contributed by atoms with Gasteiger partial charge in [0.25, 0.3) is 0 Å².